The zero-order chi connectivity index (χ0) is 11.8. The maximum absolute atomic E-state index is 11.6. The van der Waals surface area contributed by atoms with Crippen molar-refractivity contribution in [2.75, 3.05) is 19.6 Å². The first-order chi connectivity index (χ1) is 7.42. The van der Waals surface area contributed by atoms with Gasteiger partial charge in [0.05, 0.1) is 0 Å². The van der Waals surface area contributed by atoms with E-state index >= 15 is 0 Å². The Hall–Kier alpha value is -0.850. The van der Waals surface area contributed by atoms with Gasteiger partial charge in [0.1, 0.15) is 0 Å². The van der Waals surface area contributed by atoms with Gasteiger partial charge in [-0.1, -0.05) is 13.8 Å². The molecule has 5 nitrogen and oxygen atoms in total. The van der Waals surface area contributed by atoms with Crippen LogP contribution in [0.2, 0.25) is 0 Å². The van der Waals surface area contributed by atoms with Crippen molar-refractivity contribution in [1.29, 1.82) is 0 Å². The Bertz CT molecular complexity index is 446. The summed E-state index contributed by atoms with van der Waals surface area (Å²) < 4.78 is 27.3. The van der Waals surface area contributed by atoms with Crippen LogP contribution in [0.15, 0.2) is 18.3 Å². The average molecular weight is 243 g/mol. The Morgan fingerprint density at radius 2 is 2.19 bits per heavy atom. The highest BCUT2D eigenvalue weighted by molar-refractivity contribution is 7.87. The summed E-state index contributed by atoms with van der Waals surface area (Å²) in [6.07, 6.45) is 1.84. The second-order valence-corrected chi connectivity index (χ2v) is 6.45. The zero-order valence-electron chi connectivity index (χ0n) is 9.53. The van der Waals surface area contributed by atoms with Crippen LogP contribution >= 0.6 is 0 Å². The van der Waals surface area contributed by atoms with Crippen molar-refractivity contribution in [3.8, 4) is 0 Å². The van der Waals surface area contributed by atoms with Gasteiger partial charge in [-0.3, -0.25) is 0 Å². The average Bonchev–Trinajstić information content (AvgIpc) is 2.92. The molecule has 1 aromatic rings. The first-order valence-corrected chi connectivity index (χ1v) is 6.74. The van der Waals surface area contributed by atoms with Crippen molar-refractivity contribution in [2.24, 2.45) is 0 Å². The number of H-pyrrole nitrogens is 1. The van der Waals surface area contributed by atoms with Crippen LogP contribution in [-0.2, 0) is 15.6 Å². The van der Waals surface area contributed by atoms with Gasteiger partial charge in [0.25, 0.3) is 10.2 Å². The standard InChI is InChI=1S/C10H17N3O2S/c1-10(2,9-4-3-5-11-9)8-12-16(14,15)13-6-7-13/h3-5,11-12H,6-8H2,1-2H3. The molecule has 1 aliphatic rings. The molecule has 16 heavy (non-hydrogen) atoms. The van der Waals surface area contributed by atoms with Crippen LogP contribution < -0.4 is 4.72 Å². The predicted molar refractivity (Wildman–Crippen MR) is 62.3 cm³/mol. The highest BCUT2D eigenvalue weighted by Gasteiger charge is 2.33. The summed E-state index contributed by atoms with van der Waals surface area (Å²) in [5, 5.41) is 0. The van der Waals surface area contributed by atoms with Crippen LogP contribution in [0.1, 0.15) is 19.5 Å². The predicted octanol–water partition coefficient (Wildman–Crippen LogP) is 0.442. The Morgan fingerprint density at radius 3 is 2.69 bits per heavy atom. The summed E-state index contributed by atoms with van der Waals surface area (Å²) in [7, 11) is -3.24. The zero-order valence-corrected chi connectivity index (χ0v) is 10.3. The Balaban J connectivity index is 1.99. The van der Waals surface area contributed by atoms with Crippen molar-refractivity contribution in [3.63, 3.8) is 0 Å². The van der Waals surface area contributed by atoms with Gasteiger partial charge in [-0.2, -0.15) is 12.7 Å². The first-order valence-electron chi connectivity index (χ1n) is 5.30. The van der Waals surface area contributed by atoms with Gasteiger partial charge in [0.15, 0.2) is 0 Å². The molecule has 0 aromatic carbocycles. The smallest absolute Gasteiger partial charge is 0.279 e. The normalized spacial score (nSPS) is 17.6. The molecule has 0 amide bonds. The fourth-order valence-electron chi connectivity index (χ4n) is 1.49. The monoisotopic (exact) mass is 243 g/mol. The molecule has 1 aromatic heterocycles. The van der Waals surface area contributed by atoms with E-state index < -0.39 is 10.2 Å². The van der Waals surface area contributed by atoms with Gasteiger partial charge in [0.2, 0.25) is 0 Å². The number of hydrogen-bond donors (Lipinski definition) is 2. The summed E-state index contributed by atoms with van der Waals surface area (Å²) in [5.41, 5.74) is 0.799. The van der Waals surface area contributed by atoms with Crippen LogP contribution in [0, 0.1) is 0 Å². The van der Waals surface area contributed by atoms with Crippen LogP contribution in [0.5, 0.6) is 0 Å². The Kier molecular flexibility index (Phi) is 2.81. The molecule has 0 unspecified atom stereocenters. The number of nitrogens with zero attached hydrogens (tertiary/aromatic N) is 1. The minimum atomic E-state index is -3.24. The third-order valence-electron chi connectivity index (χ3n) is 2.77. The van der Waals surface area contributed by atoms with Crippen molar-refractivity contribution in [1.82, 2.24) is 14.0 Å². The highest BCUT2D eigenvalue weighted by atomic mass is 32.2. The van der Waals surface area contributed by atoms with Gasteiger partial charge in [-0.05, 0) is 12.1 Å². The minimum Gasteiger partial charge on any atom is -0.365 e. The van der Waals surface area contributed by atoms with E-state index in [0.717, 1.165) is 5.69 Å². The lowest BCUT2D eigenvalue weighted by atomic mass is 9.90. The fraction of sp³-hybridized carbons (Fsp3) is 0.600. The van der Waals surface area contributed by atoms with Crippen LogP contribution in [-0.4, -0.2) is 37.3 Å². The maximum Gasteiger partial charge on any atom is 0.279 e. The van der Waals surface area contributed by atoms with Crippen molar-refractivity contribution in [2.45, 2.75) is 19.3 Å². The molecule has 0 bridgehead atoms. The van der Waals surface area contributed by atoms with E-state index in [2.05, 4.69) is 9.71 Å². The number of rotatable bonds is 5. The molecule has 90 valence electrons. The van der Waals surface area contributed by atoms with Crippen molar-refractivity contribution >= 4 is 10.2 Å². The van der Waals surface area contributed by atoms with Crippen LogP contribution in [0.3, 0.4) is 0 Å². The van der Waals surface area contributed by atoms with Gasteiger partial charge in [-0.15, -0.1) is 0 Å². The van der Waals surface area contributed by atoms with Gasteiger partial charge in [0, 0.05) is 36.9 Å². The second kappa shape index (κ2) is 3.87. The third kappa shape index (κ3) is 2.45. The summed E-state index contributed by atoms with van der Waals surface area (Å²) >= 11 is 0. The highest BCUT2D eigenvalue weighted by Crippen LogP contribution is 2.21. The summed E-state index contributed by atoms with van der Waals surface area (Å²) in [6, 6.07) is 3.88. The fourth-order valence-corrected chi connectivity index (χ4v) is 2.78. The molecular weight excluding hydrogens is 226 g/mol. The van der Waals surface area contributed by atoms with Gasteiger partial charge < -0.3 is 4.98 Å². The summed E-state index contributed by atoms with van der Waals surface area (Å²) in [4.78, 5) is 3.11. The van der Waals surface area contributed by atoms with E-state index in [-0.39, 0.29) is 5.41 Å². The molecule has 1 saturated heterocycles. The summed E-state index contributed by atoms with van der Waals surface area (Å²) in [6.45, 7) is 5.68. The van der Waals surface area contributed by atoms with E-state index in [1.165, 1.54) is 4.31 Å². The van der Waals surface area contributed by atoms with Gasteiger partial charge in [-0.25, -0.2) is 4.72 Å². The lowest BCUT2D eigenvalue weighted by molar-refractivity contribution is 0.480. The minimum absolute atomic E-state index is 0.230. The molecule has 0 saturated carbocycles. The quantitative estimate of drug-likeness (QED) is 0.737. The summed E-state index contributed by atoms with van der Waals surface area (Å²) in [5.74, 6) is 0. The first kappa shape index (κ1) is 11.6. The SMILES string of the molecule is CC(C)(CNS(=O)(=O)N1CC1)c1ccc[nH]1. The molecular formula is C10H17N3O2S. The number of aromatic nitrogens is 1. The van der Waals surface area contributed by atoms with Crippen molar-refractivity contribution in [3.05, 3.63) is 24.0 Å². The van der Waals surface area contributed by atoms with E-state index in [1.807, 2.05) is 32.2 Å². The van der Waals surface area contributed by atoms with E-state index in [9.17, 15) is 8.42 Å². The molecule has 1 aliphatic heterocycles. The molecule has 2 heterocycles. The largest absolute Gasteiger partial charge is 0.365 e. The van der Waals surface area contributed by atoms with Gasteiger partial charge >= 0.3 is 0 Å². The molecule has 6 heteroatoms. The lowest BCUT2D eigenvalue weighted by Gasteiger charge is -2.23. The molecule has 2 rings (SSSR count). The molecule has 0 atom stereocenters. The third-order valence-corrected chi connectivity index (χ3v) is 4.32. The van der Waals surface area contributed by atoms with Crippen LogP contribution in [0.25, 0.3) is 0 Å². The number of nitrogens with one attached hydrogen (secondary N) is 2. The molecule has 0 aliphatic carbocycles. The molecule has 0 spiro atoms. The molecule has 0 radical (unpaired) electrons. The number of hydrogen-bond acceptors (Lipinski definition) is 2. The number of aromatic amines is 1. The lowest BCUT2D eigenvalue weighted by Crippen LogP contribution is -2.39. The van der Waals surface area contributed by atoms with Crippen LogP contribution in [0.4, 0.5) is 0 Å². The van der Waals surface area contributed by atoms with Crippen molar-refractivity contribution < 1.29 is 8.42 Å². The topological polar surface area (TPSA) is 65.0 Å². The Labute approximate surface area is 96.0 Å². The van der Waals surface area contributed by atoms with E-state index in [0.29, 0.717) is 19.6 Å². The molecule has 2 N–H and O–H groups in total. The second-order valence-electron chi connectivity index (χ2n) is 4.69. The van der Waals surface area contributed by atoms with E-state index in [1.54, 1.807) is 0 Å². The molecule has 1 fully saturated rings. The Morgan fingerprint density at radius 1 is 1.50 bits per heavy atom. The van der Waals surface area contributed by atoms with E-state index in [4.69, 9.17) is 0 Å². The maximum atomic E-state index is 11.6.